The number of hydrogen-bond acceptors (Lipinski definition) is 3. The number of rotatable bonds is 6. The third kappa shape index (κ3) is 5.55. The highest BCUT2D eigenvalue weighted by atomic mass is 35.5. The van der Waals surface area contributed by atoms with Crippen LogP contribution in [-0.4, -0.2) is 36.7 Å². The Labute approximate surface area is 168 Å². The molecular weight excluding hydrogens is 389 g/mol. The summed E-state index contributed by atoms with van der Waals surface area (Å²) >= 11 is 5.91. The van der Waals surface area contributed by atoms with Gasteiger partial charge in [-0.2, -0.15) is 13.2 Å². The van der Waals surface area contributed by atoms with Crippen LogP contribution in [0.1, 0.15) is 25.3 Å². The highest BCUT2D eigenvalue weighted by Gasteiger charge is 2.34. The van der Waals surface area contributed by atoms with E-state index in [2.05, 4.69) is 17.1 Å². The van der Waals surface area contributed by atoms with Crippen molar-refractivity contribution >= 4 is 17.3 Å². The Morgan fingerprint density at radius 1 is 1.07 bits per heavy atom. The first-order chi connectivity index (χ1) is 13.3. The highest BCUT2D eigenvalue weighted by Crippen LogP contribution is 2.34. The Morgan fingerprint density at radius 3 is 2.36 bits per heavy atom. The normalized spacial score (nSPS) is 17.3. The smallest absolute Gasteiger partial charge is 0.418 e. The Kier molecular flexibility index (Phi) is 6.40. The van der Waals surface area contributed by atoms with Crippen LogP contribution in [0.2, 0.25) is 5.02 Å². The van der Waals surface area contributed by atoms with Gasteiger partial charge in [-0.3, -0.25) is 0 Å². The highest BCUT2D eigenvalue weighted by molar-refractivity contribution is 6.30. The van der Waals surface area contributed by atoms with Crippen molar-refractivity contribution in [1.29, 1.82) is 0 Å². The molecule has 3 rings (SSSR count). The van der Waals surface area contributed by atoms with Crippen LogP contribution in [-0.2, 0) is 6.18 Å². The topological polar surface area (TPSA) is 24.5 Å². The number of piperidine rings is 1. The van der Waals surface area contributed by atoms with Gasteiger partial charge in [-0.15, -0.1) is 0 Å². The average Bonchev–Trinajstić information content (AvgIpc) is 2.65. The maximum Gasteiger partial charge on any atom is 0.418 e. The minimum atomic E-state index is -4.35. The number of benzene rings is 2. The number of nitrogens with zero attached hydrogens (tertiary/aromatic N) is 1. The lowest BCUT2D eigenvalue weighted by molar-refractivity contribution is -0.137. The van der Waals surface area contributed by atoms with Crippen molar-refractivity contribution in [1.82, 2.24) is 4.90 Å². The van der Waals surface area contributed by atoms with Gasteiger partial charge in [0.25, 0.3) is 0 Å². The van der Waals surface area contributed by atoms with E-state index in [9.17, 15) is 13.2 Å². The van der Waals surface area contributed by atoms with Crippen molar-refractivity contribution < 1.29 is 17.9 Å². The zero-order valence-electron chi connectivity index (χ0n) is 15.7. The summed E-state index contributed by atoms with van der Waals surface area (Å²) in [7, 11) is 0. The lowest BCUT2D eigenvalue weighted by Gasteiger charge is -2.39. The molecule has 1 saturated heterocycles. The van der Waals surface area contributed by atoms with Gasteiger partial charge in [-0.25, -0.2) is 0 Å². The molecule has 0 saturated carbocycles. The first-order valence-electron chi connectivity index (χ1n) is 9.32. The molecule has 152 valence electrons. The fourth-order valence-corrected chi connectivity index (χ4v) is 3.50. The van der Waals surface area contributed by atoms with Crippen molar-refractivity contribution in [3.05, 3.63) is 59.1 Å². The number of hydrogen-bond donors (Lipinski definition) is 1. The molecule has 1 aliphatic rings. The van der Waals surface area contributed by atoms with Gasteiger partial charge in [0.15, 0.2) is 0 Å². The van der Waals surface area contributed by atoms with Crippen LogP contribution in [0.3, 0.4) is 0 Å². The second-order valence-corrected chi connectivity index (χ2v) is 7.75. The molecule has 1 fully saturated rings. The Balaban J connectivity index is 1.47. The third-order valence-electron chi connectivity index (χ3n) is 5.07. The van der Waals surface area contributed by atoms with Crippen molar-refractivity contribution in [2.24, 2.45) is 0 Å². The van der Waals surface area contributed by atoms with Crippen molar-refractivity contribution in [3.63, 3.8) is 0 Å². The van der Waals surface area contributed by atoms with Crippen LogP contribution >= 0.6 is 11.6 Å². The number of para-hydroxylation sites is 1. The summed E-state index contributed by atoms with van der Waals surface area (Å²) in [6, 6.07) is 12.9. The summed E-state index contributed by atoms with van der Waals surface area (Å²) in [5.74, 6) is 0.797. The summed E-state index contributed by atoms with van der Waals surface area (Å²) in [4.78, 5) is 2.25. The van der Waals surface area contributed by atoms with E-state index in [0.717, 1.165) is 37.7 Å². The minimum absolute atomic E-state index is 0.128. The molecule has 0 spiro atoms. The van der Waals surface area contributed by atoms with Crippen LogP contribution in [0, 0.1) is 0 Å². The van der Waals surface area contributed by atoms with Gasteiger partial charge in [-0.05, 0) is 56.2 Å². The molecule has 2 aromatic rings. The second-order valence-electron chi connectivity index (χ2n) is 7.32. The molecular formula is C21H24ClF3N2O. The molecule has 0 amide bonds. The number of likely N-dealkylation sites (tertiary alicyclic amines) is 1. The van der Waals surface area contributed by atoms with Crippen LogP contribution in [0.5, 0.6) is 5.75 Å². The third-order valence-corrected chi connectivity index (χ3v) is 5.32. The van der Waals surface area contributed by atoms with Crippen LogP contribution in [0.15, 0.2) is 48.5 Å². The fourth-order valence-electron chi connectivity index (χ4n) is 3.37. The average molecular weight is 413 g/mol. The number of nitrogens with one attached hydrogen (secondary N) is 1. The van der Waals surface area contributed by atoms with E-state index in [1.54, 1.807) is 18.2 Å². The van der Waals surface area contributed by atoms with E-state index in [1.165, 1.54) is 12.1 Å². The first kappa shape index (κ1) is 20.8. The largest absolute Gasteiger partial charge is 0.487 e. The minimum Gasteiger partial charge on any atom is -0.487 e. The van der Waals surface area contributed by atoms with E-state index in [-0.39, 0.29) is 11.3 Å². The van der Waals surface area contributed by atoms with Gasteiger partial charge in [-0.1, -0.05) is 23.7 Å². The van der Waals surface area contributed by atoms with Gasteiger partial charge in [0, 0.05) is 36.9 Å². The summed E-state index contributed by atoms with van der Waals surface area (Å²) in [6.45, 7) is 4.92. The van der Waals surface area contributed by atoms with E-state index >= 15 is 0 Å². The molecule has 1 heterocycles. The van der Waals surface area contributed by atoms with Crippen molar-refractivity contribution in [3.8, 4) is 5.75 Å². The molecule has 0 radical (unpaired) electrons. The van der Waals surface area contributed by atoms with Crippen molar-refractivity contribution in [2.75, 3.05) is 31.5 Å². The molecule has 0 atom stereocenters. The molecule has 7 heteroatoms. The fraction of sp³-hybridized carbons (Fsp3) is 0.429. The van der Waals surface area contributed by atoms with Crippen LogP contribution in [0.25, 0.3) is 0 Å². The van der Waals surface area contributed by atoms with Gasteiger partial charge < -0.3 is 15.0 Å². The molecule has 1 aliphatic heterocycles. The second kappa shape index (κ2) is 8.62. The lowest BCUT2D eigenvalue weighted by Crippen LogP contribution is -2.47. The zero-order valence-corrected chi connectivity index (χ0v) is 16.5. The summed E-state index contributed by atoms with van der Waals surface area (Å²) < 4.78 is 45.3. The van der Waals surface area contributed by atoms with E-state index in [4.69, 9.17) is 16.3 Å². The Morgan fingerprint density at radius 2 is 1.71 bits per heavy atom. The van der Waals surface area contributed by atoms with Gasteiger partial charge in [0.2, 0.25) is 0 Å². The number of ether oxygens (including phenoxy) is 1. The monoisotopic (exact) mass is 412 g/mol. The molecule has 3 nitrogen and oxygen atoms in total. The van der Waals surface area contributed by atoms with Crippen LogP contribution in [0.4, 0.5) is 18.9 Å². The van der Waals surface area contributed by atoms with Gasteiger partial charge in [0.1, 0.15) is 11.4 Å². The van der Waals surface area contributed by atoms with E-state index in [1.807, 2.05) is 12.1 Å². The summed E-state index contributed by atoms with van der Waals surface area (Å²) in [5, 5.41) is 3.60. The standard InChI is InChI=1S/C21H24ClF3N2O/c1-20(28-17-8-6-16(22)7-9-17)10-13-27(14-11-20)15-12-26-19-5-3-2-4-18(19)21(23,24)25/h2-9,26H,10-15H2,1H3. The quantitative estimate of drug-likeness (QED) is 0.658. The molecule has 2 aromatic carbocycles. The first-order valence-corrected chi connectivity index (χ1v) is 9.70. The summed E-state index contributed by atoms with van der Waals surface area (Å²) in [6.07, 6.45) is -2.64. The molecule has 0 aliphatic carbocycles. The predicted octanol–water partition coefficient (Wildman–Crippen LogP) is 5.70. The molecule has 0 aromatic heterocycles. The maximum atomic E-state index is 13.0. The van der Waals surface area contributed by atoms with E-state index < -0.39 is 11.7 Å². The molecule has 0 unspecified atom stereocenters. The molecule has 0 bridgehead atoms. The zero-order chi connectivity index (χ0) is 20.2. The molecule has 1 N–H and O–H groups in total. The van der Waals surface area contributed by atoms with Gasteiger partial charge in [0.05, 0.1) is 5.56 Å². The Hall–Kier alpha value is -1.92. The lowest BCUT2D eigenvalue weighted by atomic mass is 9.93. The number of alkyl halides is 3. The van der Waals surface area contributed by atoms with Crippen LogP contribution < -0.4 is 10.1 Å². The summed E-state index contributed by atoms with van der Waals surface area (Å²) in [5.41, 5.74) is -0.749. The van der Waals surface area contributed by atoms with Gasteiger partial charge >= 0.3 is 6.18 Å². The number of anilines is 1. The predicted molar refractivity (Wildman–Crippen MR) is 106 cm³/mol. The maximum absolute atomic E-state index is 13.0. The van der Waals surface area contributed by atoms with E-state index in [0.29, 0.717) is 18.1 Å². The van der Waals surface area contributed by atoms with Crippen molar-refractivity contribution in [2.45, 2.75) is 31.5 Å². The number of halogens is 4. The Bertz CT molecular complexity index is 772. The molecule has 28 heavy (non-hydrogen) atoms. The SMILES string of the molecule is CC1(Oc2ccc(Cl)cc2)CCN(CCNc2ccccc2C(F)(F)F)CC1.